The van der Waals surface area contributed by atoms with Gasteiger partial charge in [0, 0.05) is 6.61 Å². The molecule has 1 saturated heterocycles. The summed E-state index contributed by atoms with van der Waals surface area (Å²) in [6.45, 7) is 1.58. The van der Waals surface area contributed by atoms with Gasteiger partial charge >= 0.3 is 11.4 Å². The maximum Gasteiger partial charge on any atom is 0.335 e. The average Bonchev–Trinajstić information content (AvgIpc) is 3.28. The number of halogens is 4. The van der Waals surface area contributed by atoms with Crippen LogP contribution in [0.4, 0.5) is 11.4 Å². The minimum atomic E-state index is -0.530. The number of allylic oxidation sites excluding steroid dienone is 1. The van der Waals surface area contributed by atoms with Gasteiger partial charge in [0.05, 0.1) is 22.7 Å². The van der Waals surface area contributed by atoms with Gasteiger partial charge in [0.1, 0.15) is 0 Å². The molecule has 0 spiro atoms. The summed E-state index contributed by atoms with van der Waals surface area (Å²) < 4.78 is 13.0. The number of H-pyrrole nitrogens is 1. The van der Waals surface area contributed by atoms with E-state index in [1.807, 2.05) is 6.08 Å². The van der Waals surface area contributed by atoms with Crippen LogP contribution in [0.2, 0.25) is 0 Å². The van der Waals surface area contributed by atoms with Crippen LogP contribution < -0.4 is 0 Å². The maximum absolute atomic E-state index is 10.8. The number of hydrogen-bond acceptors (Lipinski definition) is 8. The predicted octanol–water partition coefficient (Wildman–Crippen LogP) is 6.17. The lowest BCUT2D eigenvalue weighted by Gasteiger charge is -2.22. The second-order valence-electron chi connectivity index (χ2n) is 6.27. The van der Waals surface area contributed by atoms with Crippen molar-refractivity contribution in [3.8, 4) is 0 Å². The van der Waals surface area contributed by atoms with Crippen LogP contribution in [-0.4, -0.2) is 43.0 Å². The third kappa shape index (κ3) is 7.60. The third-order valence-electron chi connectivity index (χ3n) is 4.06. The number of aromatic amines is 1. The lowest BCUT2D eigenvalue weighted by atomic mass is 10.2. The summed E-state index contributed by atoms with van der Waals surface area (Å²) in [5.41, 5.74) is -0.144. The monoisotopic (exact) mass is 706 g/mol. The van der Waals surface area contributed by atoms with Gasteiger partial charge in [-0.3, -0.25) is 25.3 Å². The summed E-state index contributed by atoms with van der Waals surface area (Å²) in [6.07, 6.45) is 8.88. The molecule has 16 heteroatoms. The molecule has 1 atom stereocenters. The van der Waals surface area contributed by atoms with Crippen LogP contribution in [0.1, 0.15) is 38.3 Å². The van der Waals surface area contributed by atoms with Crippen molar-refractivity contribution >= 4 is 75.1 Å². The first-order chi connectivity index (χ1) is 15.2. The molecule has 12 nitrogen and oxygen atoms in total. The summed E-state index contributed by atoms with van der Waals surface area (Å²) in [6, 6.07) is 0. The van der Waals surface area contributed by atoms with Gasteiger partial charge in [0.25, 0.3) is 0 Å². The first-order valence-electron chi connectivity index (χ1n) is 9.23. The zero-order chi connectivity index (χ0) is 23.7. The number of nitrogens with zero attached hydrogens (tertiary/aromatic N) is 5. The summed E-state index contributed by atoms with van der Waals surface area (Å²) in [4.78, 5) is 20.0. The number of rotatable bonds is 3. The van der Waals surface area contributed by atoms with Crippen LogP contribution in [0.5, 0.6) is 0 Å². The van der Waals surface area contributed by atoms with Crippen LogP contribution >= 0.6 is 63.7 Å². The molecule has 176 valence electrons. The van der Waals surface area contributed by atoms with E-state index in [1.165, 1.54) is 17.5 Å². The molecule has 0 bridgehead atoms. The molecule has 0 radical (unpaired) electrons. The van der Waals surface area contributed by atoms with Crippen molar-refractivity contribution in [1.29, 1.82) is 0 Å². The van der Waals surface area contributed by atoms with E-state index >= 15 is 0 Å². The fraction of sp³-hybridized carbons (Fsp3) is 0.500. The van der Waals surface area contributed by atoms with E-state index in [0.717, 1.165) is 25.9 Å². The summed E-state index contributed by atoms with van der Waals surface area (Å²) >= 11 is 12.1. The smallest absolute Gasteiger partial charge is 0.335 e. The highest BCUT2D eigenvalue weighted by Crippen LogP contribution is 2.36. The summed E-state index contributed by atoms with van der Waals surface area (Å²) in [5, 5.41) is 31.0. The van der Waals surface area contributed by atoms with Crippen molar-refractivity contribution in [3.63, 3.8) is 0 Å². The second kappa shape index (κ2) is 13.4. The van der Waals surface area contributed by atoms with Gasteiger partial charge < -0.3 is 9.47 Å². The maximum atomic E-state index is 10.8. The van der Waals surface area contributed by atoms with Gasteiger partial charge in [-0.1, -0.05) is 0 Å². The van der Waals surface area contributed by atoms with Gasteiger partial charge in [0.2, 0.25) is 9.21 Å². The number of aromatic nitrogens is 4. The van der Waals surface area contributed by atoms with E-state index in [1.54, 1.807) is 6.26 Å². The molecule has 32 heavy (non-hydrogen) atoms. The van der Waals surface area contributed by atoms with Gasteiger partial charge in [0.15, 0.2) is 15.4 Å². The lowest BCUT2D eigenvalue weighted by Crippen LogP contribution is -2.19. The van der Waals surface area contributed by atoms with Crippen molar-refractivity contribution < 1.29 is 19.3 Å². The normalized spacial score (nSPS) is 17.3. The summed E-state index contributed by atoms with van der Waals surface area (Å²) in [7, 11) is 0. The fourth-order valence-electron chi connectivity index (χ4n) is 2.58. The van der Waals surface area contributed by atoms with E-state index < -0.39 is 9.85 Å². The third-order valence-corrected chi connectivity index (χ3v) is 6.44. The number of nitro groups is 2. The van der Waals surface area contributed by atoms with Crippen molar-refractivity contribution in [2.45, 2.75) is 38.3 Å². The Morgan fingerprint density at radius 2 is 1.75 bits per heavy atom. The molecule has 2 aromatic heterocycles. The Kier molecular flexibility index (Phi) is 11.2. The molecule has 0 saturated carbocycles. The Hall–Kier alpha value is -1.36. The number of nitrogens with one attached hydrogen (secondary N) is 1. The van der Waals surface area contributed by atoms with Crippen molar-refractivity contribution in [2.75, 3.05) is 13.2 Å². The van der Waals surface area contributed by atoms with Gasteiger partial charge in [-0.2, -0.15) is 10.2 Å². The van der Waals surface area contributed by atoms with E-state index in [4.69, 9.17) is 9.47 Å². The first-order valence-corrected chi connectivity index (χ1v) is 12.4. The van der Waals surface area contributed by atoms with Crippen LogP contribution in [0, 0.1) is 20.2 Å². The van der Waals surface area contributed by atoms with Crippen LogP contribution in [0.3, 0.4) is 0 Å². The zero-order valence-corrected chi connectivity index (χ0v) is 22.7. The van der Waals surface area contributed by atoms with Crippen LogP contribution in [0.15, 0.2) is 30.8 Å². The van der Waals surface area contributed by atoms with Crippen molar-refractivity contribution in [1.82, 2.24) is 20.0 Å². The SMILES string of the molecule is C1=COCCC1.O=[N+]([O-])c1c(Br)n[nH]c1Br.O=[N+]([O-])c1c(Br)nn(C2CCCCO2)c1Br. The Labute approximate surface area is 215 Å². The molecule has 0 aromatic carbocycles. The highest BCUT2D eigenvalue weighted by Gasteiger charge is 2.29. The van der Waals surface area contributed by atoms with Gasteiger partial charge in [-0.05, 0) is 102 Å². The Morgan fingerprint density at radius 3 is 2.09 bits per heavy atom. The van der Waals surface area contributed by atoms with E-state index in [2.05, 4.69) is 79.0 Å². The largest absolute Gasteiger partial charge is 0.502 e. The Morgan fingerprint density at radius 1 is 1.03 bits per heavy atom. The Bertz CT molecular complexity index is 932. The molecular formula is C16H18Br4N6O6. The quantitative estimate of drug-likeness (QED) is 0.294. The molecule has 1 fully saturated rings. The van der Waals surface area contributed by atoms with Crippen molar-refractivity contribution in [2.24, 2.45) is 0 Å². The van der Waals surface area contributed by atoms with E-state index in [0.29, 0.717) is 11.2 Å². The van der Waals surface area contributed by atoms with Crippen LogP contribution in [0.25, 0.3) is 0 Å². The molecule has 2 aromatic rings. The highest BCUT2D eigenvalue weighted by molar-refractivity contribution is 9.11. The Balaban J connectivity index is 0.000000192. The second-order valence-corrected chi connectivity index (χ2v) is 9.32. The molecule has 2 aliphatic heterocycles. The molecule has 4 rings (SSSR count). The molecular weight excluding hydrogens is 692 g/mol. The lowest BCUT2D eigenvalue weighted by molar-refractivity contribution is -0.386. The topological polar surface area (TPSA) is 151 Å². The van der Waals surface area contributed by atoms with E-state index in [9.17, 15) is 20.2 Å². The van der Waals surface area contributed by atoms with Gasteiger partial charge in [-0.15, -0.1) is 0 Å². The average molecular weight is 710 g/mol. The fourth-order valence-corrected chi connectivity index (χ4v) is 5.10. The minimum Gasteiger partial charge on any atom is -0.502 e. The van der Waals surface area contributed by atoms with Crippen molar-refractivity contribution in [3.05, 3.63) is 51.0 Å². The molecule has 2 aliphatic rings. The molecule has 1 unspecified atom stereocenters. The number of ether oxygens (including phenoxy) is 2. The van der Waals surface area contributed by atoms with Gasteiger partial charge in [-0.25, -0.2) is 4.68 Å². The standard InChI is InChI=1S/C8H9Br2N3O3.C5H8O.C3HBr2N3O2/c9-7-6(13(14)15)8(10)12(11-7)5-3-1-2-4-16-5;1-2-4-6-5-3-1;4-2-1(8(9)10)3(5)7-6-2/h5H,1-4H2;2,4H,1,3,5H2;(H,6,7). The predicted molar refractivity (Wildman–Crippen MR) is 128 cm³/mol. The molecule has 4 heterocycles. The number of hydrogen-bond donors (Lipinski definition) is 1. The van der Waals surface area contributed by atoms with E-state index in [-0.39, 0.29) is 31.4 Å². The van der Waals surface area contributed by atoms with Crippen LogP contribution in [-0.2, 0) is 9.47 Å². The summed E-state index contributed by atoms with van der Waals surface area (Å²) in [5.74, 6) is 0. The minimum absolute atomic E-state index is 0.0610. The highest BCUT2D eigenvalue weighted by atomic mass is 79.9. The molecule has 0 amide bonds. The zero-order valence-electron chi connectivity index (χ0n) is 16.4. The molecule has 0 aliphatic carbocycles. The first kappa shape index (κ1) is 26.9. The molecule has 1 N–H and O–H groups in total.